The van der Waals surface area contributed by atoms with Crippen molar-refractivity contribution in [2.75, 3.05) is 26.2 Å². The van der Waals surface area contributed by atoms with Crippen molar-refractivity contribution >= 4 is 24.0 Å². The lowest BCUT2D eigenvalue weighted by molar-refractivity contribution is -0.145. The van der Waals surface area contributed by atoms with Gasteiger partial charge in [0.2, 0.25) is 11.8 Å². The second-order valence-electron chi connectivity index (χ2n) is 9.07. The smallest absolute Gasteiger partial charge is 0.227 e. The molecule has 2 fully saturated rings. The van der Waals surface area contributed by atoms with Gasteiger partial charge < -0.3 is 14.4 Å². The number of hydrogen-bond acceptors (Lipinski definition) is 4. The van der Waals surface area contributed by atoms with E-state index in [1.54, 1.807) is 0 Å². The highest BCUT2D eigenvalue weighted by Gasteiger charge is 2.36. The maximum absolute atomic E-state index is 13.1. The first-order valence-corrected chi connectivity index (χ1v) is 10.9. The summed E-state index contributed by atoms with van der Waals surface area (Å²) in [6, 6.07) is 0. The van der Waals surface area contributed by atoms with Crippen LogP contribution in [0.3, 0.4) is 0 Å². The number of rotatable bonds is 3. The maximum Gasteiger partial charge on any atom is 0.227 e. The highest BCUT2D eigenvalue weighted by molar-refractivity contribution is 7.71. The average molecular weight is 408 g/mol. The standard InChI is InChI=1S/C20H33N5O2S/c1-5-25-16(21-22-19(25)28)14-8-11-23(12-9-14)17(26)15-7-6-10-24(13-15)18(27)20(2,3)4/h14-15H,5-13H2,1-4H3,(H,22,28). The van der Waals surface area contributed by atoms with Crippen LogP contribution in [0.25, 0.3) is 0 Å². The molecule has 0 spiro atoms. The Hall–Kier alpha value is -1.70. The van der Waals surface area contributed by atoms with Crippen molar-refractivity contribution in [2.45, 2.75) is 65.8 Å². The number of aromatic nitrogens is 3. The SMILES string of the molecule is CCn1c(C2CCN(C(=O)C3CCCN(C(=O)C(C)(C)C)C3)CC2)n[nH]c1=S. The summed E-state index contributed by atoms with van der Waals surface area (Å²) in [6.45, 7) is 11.5. The number of carbonyl (C=O) groups is 2. The van der Waals surface area contributed by atoms with E-state index in [9.17, 15) is 9.59 Å². The van der Waals surface area contributed by atoms with Crippen LogP contribution in [0.4, 0.5) is 0 Å². The molecular formula is C20H33N5O2S. The van der Waals surface area contributed by atoms with Crippen LogP contribution < -0.4 is 0 Å². The van der Waals surface area contributed by atoms with Gasteiger partial charge in [-0.3, -0.25) is 14.7 Å². The third kappa shape index (κ3) is 4.31. The molecule has 0 radical (unpaired) electrons. The molecule has 2 aliphatic rings. The zero-order valence-corrected chi connectivity index (χ0v) is 18.3. The summed E-state index contributed by atoms with van der Waals surface area (Å²) in [6.07, 6.45) is 3.59. The van der Waals surface area contributed by atoms with Crippen LogP contribution in [0, 0.1) is 16.1 Å². The summed E-state index contributed by atoms with van der Waals surface area (Å²) in [4.78, 5) is 29.6. The largest absolute Gasteiger partial charge is 0.342 e. The second kappa shape index (κ2) is 8.35. The number of nitrogens with one attached hydrogen (secondary N) is 1. The Morgan fingerprint density at radius 1 is 1.14 bits per heavy atom. The number of piperidine rings is 2. The van der Waals surface area contributed by atoms with Crippen molar-refractivity contribution in [3.63, 3.8) is 0 Å². The minimum absolute atomic E-state index is 0.0678. The molecular weight excluding hydrogens is 374 g/mol. The van der Waals surface area contributed by atoms with Gasteiger partial charge in [-0.1, -0.05) is 20.8 Å². The van der Waals surface area contributed by atoms with Gasteiger partial charge in [-0.2, -0.15) is 5.10 Å². The van der Waals surface area contributed by atoms with Crippen LogP contribution in [0.2, 0.25) is 0 Å². The minimum atomic E-state index is -0.398. The van der Waals surface area contributed by atoms with Crippen LogP contribution in [0.5, 0.6) is 0 Å². The summed E-state index contributed by atoms with van der Waals surface area (Å²) in [5.41, 5.74) is -0.398. The van der Waals surface area contributed by atoms with Crippen molar-refractivity contribution in [1.29, 1.82) is 0 Å². The lowest BCUT2D eigenvalue weighted by Gasteiger charge is -2.39. The van der Waals surface area contributed by atoms with Gasteiger partial charge in [-0.25, -0.2) is 0 Å². The fraction of sp³-hybridized carbons (Fsp3) is 0.800. The van der Waals surface area contributed by atoms with E-state index < -0.39 is 5.41 Å². The van der Waals surface area contributed by atoms with Crippen LogP contribution >= 0.6 is 12.2 Å². The van der Waals surface area contributed by atoms with E-state index in [1.807, 2.05) is 30.6 Å². The second-order valence-corrected chi connectivity index (χ2v) is 9.46. The number of amides is 2. The van der Waals surface area contributed by atoms with Crippen LogP contribution in [0.15, 0.2) is 0 Å². The molecule has 2 saturated heterocycles. The highest BCUT2D eigenvalue weighted by Crippen LogP contribution is 2.29. The number of H-pyrrole nitrogens is 1. The van der Waals surface area contributed by atoms with E-state index >= 15 is 0 Å². The number of aromatic amines is 1. The molecule has 0 aromatic carbocycles. The Morgan fingerprint density at radius 3 is 2.43 bits per heavy atom. The van der Waals surface area contributed by atoms with Crippen molar-refractivity contribution in [2.24, 2.45) is 11.3 Å². The highest BCUT2D eigenvalue weighted by atomic mass is 32.1. The number of likely N-dealkylation sites (tertiary alicyclic amines) is 2. The molecule has 3 rings (SSSR count). The minimum Gasteiger partial charge on any atom is -0.342 e. The Morgan fingerprint density at radius 2 is 1.82 bits per heavy atom. The Kier molecular flexibility index (Phi) is 6.27. The van der Waals surface area contributed by atoms with Gasteiger partial charge in [0.25, 0.3) is 0 Å². The molecule has 1 aromatic rings. The molecule has 0 bridgehead atoms. The van der Waals surface area contributed by atoms with Gasteiger partial charge in [0.1, 0.15) is 5.82 Å². The zero-order valence-electron chi connectivity index (χ0n) is 17.5. The molecule has 1 atom stereocenters. The molecule has 7 nitrogen and oxygen atoms in total. The summed E-state index contributed by atoms with van der Waals surface area (Å²) < 4.78 is 2.72. The monoisotopic (exact) mass is 407 g/mol. The molecule has 1 unspecified atom stereocenters. The molecule has 156 valence electrons. The van der Waals surface area contributed by atoms with Gasteiger partial charge in [0.05, 0.1) is 5.92 Å². The van der Waals surface area contributed by atoms with E-state index in [0.29, 0.717) is 17.2 Å². The van der Waals surface area contributed by atoms with Gasteiger partial charge in [0, 0.05) is 44.1 Å². The molecule has 28 heavy (non-hydrogen) atoms. The Balaban J connectivity index is 1.59. The zero-order chi connectivity index (χ0) is 20.5. The fourth-order valence-corrected chi connectivity index (χ4v) is 4.67. The first-order chi connectivity index (χ1) is 13.2. The van der Waals surface area contributed by atoms with Crippen LogP contribution in [0.1, 0.15) is 65.1 Å². The quantitative estimate of drug-likeness (QED) is 0.782. The maximum atomic E-state index is 13.1. The summed E-state index contributed by atoms with van der Waals surface area (Å²) in [7, 11) is 0. The predicted octanol–water partition coefficient (Wildman–Crippen LogP) is 2.95. The number of hydrogen-bond donors (Lipinski definition) is 1. The first-order valence-electron chi connectivity index (χ1n) is 10.5. The van der Waals surface area contributed by atoms with E-state index in [0.717, 1.165) is 57.7 Å². The molecule has 0 aliphatic carbocycles. The third-order valence-corrected chi connectivity index (χ3v) is 6.29. The molecule has 1 N–H and O–H groups in total. The number of nitrogens with zero attached hydrogens (tertiary/aromatic N) is 4. The lowest BCUT2D eigenvalue weighted by atomic mass is 9.89. The summed E-state index contributed by atoms with van der Waals surface area (Å²) in [5.74, 6) is 1.63. The van der Waals surface area contributed by atoms with E-state index in [1.165, 1.54) is 0 Å². The summed E-state index contributed by atoms with van der Waals surface area (Å²) in [5, 5.41) is 7.32. The van der Waals surface area contributed by atoms with Crippen molar-refractivity contribution < 1.29 is 9.59 Å². The molecule has 3 heterocycles. The van der Waals surface area contributed by atoms with Gasteiger partial charge in [-0.15, -0.1) is 0 Å². The number of carbonyl (C=O) groups excluding carboxylic acids is 2. The van der Waals surface area contributed by atoms with Crippen molar-refractivity contribution in [3.8, 4) is 0 Å². The van der Waals surface area contributed by atoms with Gasteiger partial charge in [0.15, 0.2) is 4.77 Å². The molecule has 2 amide bonds. The Bertz CT molecular complexity index is 770. The molecule has 2 aliphatic heterocycles. The molecule has 8 heteroatoms. The Labute approximate surface area is 172 Å². The van der Waals surface area contributed by atoms with Crippen LogP contribution in [-0.2, 0) is 16.1 Å². The van der Waals surface area contributed by atoms with Gasteiger partial charge in [-0.05, 0) is 44.8 Å². The van der Waals surface area contributed by atoms with Crippen molar-refractivity contribution in [3.05, 3.63) is 10.6 Å². The molecule has 1 aromatic heterocycles. The fourth-order valence-electron chi connectivity index (χ4n) is 4.40. The van der Waals surface area contributed by atoms with Crippen molar-refractivity contribution in [1.82, 2.24) is 24.6 Å². The topological polar surface area (TPSA) is 74.2 Å². The lowest BCUT2D eigenvalue weighted by Crippen LogP contribution is -2.50. The first kappa shape index (κ1) is 21.0. The van der Waals surface area contributed by atoms with Crippen LogP contribution in [-0.4, -0.2) is 62.6 Å². The van der Waals surface area contributed by atoms with E-state index in [2.05, 4.69) is 21.7 Å². The third-order valence-electron chi connectivity index (χ3n) is 5.98. The van der Waals surface area contributed by atoms with Gasteiger partial charge >= 0.3 is 0 Å². The average Bonchev–Trinajstić information content (AvgIpc) is 3.06. The predicted molar refractivity (Wildman–Crippen MR) is 110 cm³/mol. The normalized spacial score (nSPS) is 21.8. The van der Waals surface area contributed by atoms with E-state index in [4.69, 9.17) is 12.2 Å². The van der Waals surface area contributed by atoms with E-state index in [-0.39, 0.29) is 17.7 Å². The molecule has 0 saturated carbocycles. The summed E-state index contributed by atoms with van der Waals surface area (Å²) >= 11 is 5.30.